The number of hydrogen-bond acceptors (Lipinski definition) is 4. The van der Waals surface area contributed by atoms with Crippen molar-refractivity contribution in [2.24, 2.45) is 0 Å². The van der Waals surface area contributed by atoms with Crippen LogP contribution < -0.4 is 0 Å². The molecule has 1 saturated heterocycles. The van der Waals surface area contributed by atoms with E-state index in [1.807, 2.05) is 35.4 Å². The van der Waals surface area contributed by atoms with Gasteiger partial charge in [0, 0.05) is 24.6 Å². The molecule has 1 fully saturated rings. The molecule has 0 radical (unpaired) electrons. The van der Waals surface area contributed by atoms with Gasteiger partial charge in [0.25, 0.3) is 0 Å². The van der Waals surface area contributed by atoms with Crippen molar-refractivity contribution in [2.45, 2.75) is 38.8 Å². The molecule has 0 saturated carbocycles. The zero-order chi connectivity index (χ0) is 15.6. The van der Waals surface area contributed by atoms with E-state index < -0.39 is 0 Å². The molecule has 0 amide bonds. The van der Waals surface area contributed by atoms with Crippen LogP contribution >= 0.6 is 0 Å². The van der Waals surface area contributed by atoms with E-state index in [-0.39, 0.29) is 6.23 Å². The molecule has 0 N–H and O–H groups in total. The van der Waals surface area contributed by atoms with E-state index in [0.717, 1.165) is 48.2 Å². The molecule has 3 aromatic heterocycles. The van der Waals surface area contributed by atoms with E-state index in [4.69, 9.17) is 9.72 Å². The molecule has 1 aliphatic heterocycles. The van der Waals surface area contributed by atoms with Crippen LogP contribution in [0.3, 0.4) is 0 Å². The molecular weight excluding hydrogens is 288 g/mol. The summed E-state index contributed by atoms with van der Waals surface area (Å²) in [5.74, 6) is 0. The van der Waals surface area contributed by atoms with Crippen molar-refractivity contribution in [3.05, 3.63) is 42.4 Å². The Labute approximate surface area is 135 Å². The maximum absolute atomic E-state index is 5.78. The highest BCUT2D eigenvalue weighted by Gasteiger charge is 2.17. The fourth-order valence-corrected chi connectivity index (χ4v) is 2.96. The van der Waals surface area contributed by atoms with E-state index in [1.165, 1.54) is 12.0 Å². The normalized spacial score (nSPS) is 18.4. The number of hydrogen-bond donors (Lipinski definition) is 0. The fourth-order valence-electron chi connectivity index (χ4n) is 2.96. The molecule has 5 heteroatoms. The van der Waals surface area contributed by atoms with Crippen molar-refractivity contribution in [1.29, 1.82) is 0 Å². The third-order valence-corrected chi connectivity index (χ3v) is 4.35. The first-order valence-corrected chi connectivity index (χ1v) is 8.25. The van der Waals surface area contributed by atoms with Gasteiger partial charge in [0.15, 0.2) is 0 Å². The molecule has 0 spiro atoms. The number of pyridine rings is 2. The lowest BCUT2D eigenvalue weighted by molar-refractivity contribution is -0.0394. The molecule has 0 bridgehead atoms. The van der Waals surface area contributed by atoms with Gasteiger partial charge in [-0.05, 0) is 49.4 Å². The summed E-state index contributed by atoms with van der Waals surface area (Å²) in [6, 6.07) is 6.14. The first-order valence-electron chi connectivity index (χ1n) is 8.25. The molecule has 4 heterocycles. The van der Waals surface area contributed by atoms with Gasteiger partial charge < -0.3 is 4.74 Å². The van der Waals surface area contributed by atoms with Gasteiger partial charge in [0.05, 0.1) is 22.9 Å². The van der Waals surface area contributed by atoms with E-state index in [0.29, 0.717) is 0 Å². The highest BCUT2D eigenvalue weighted by Crippen LogP contribution is 2.25. The standard InChI is InChI=1S/C18H20N4O/c1-2-13-9-17-16(19-10-13)7-6-15(21-17)14-11-20-22(12-14)18-5-3-4-8-23-18/h6-7,9-12,18H,2-5,8H2,1H3. The van der Waals surface area contributed by atoms with Crippen molar-refractivity contribution in [3.8, 4) is 11.3 Å². The van der Waals surface area contributed by atoms with Crippen LogP contribution in [0.25, 0.3) is 22.3 Å². The van der Waals surface area contributed by atoms with Gasteiger partial charge in [0.1, 0.15) is 6.23 Å². The van der Waals surface area contributed by atoms with Gasteiger partial charge in [-0.25, -0.2) is 9.67 Å². The van der Waals surface area contributed by atoms with E-state index in [2.05, 4.69) is 23.1 Å². The van der Waals surface area contributed by atoms with Crippen molar-refractivity contribution < 1.29 is 4.74 Å². The summed E-state index contributed by atoms with van der Waals surface area (Å²) in [6.45, 7) is 2.94. The van der Waals surface area contributed by atoms with Crippen LogP contribution in [-0.4, -0.2) is 26.4 Å². The van der Waals surface area contributed by atoms with Gasteiger partial charge in [0.2, 0.25) is 0 Å². The molecule has 4 rings (SSSR count). The van der Waals surface area contributed by atoms with Crippen molar-refractivity contribution in [3.63, 3.8) is 0 Å². The molecule has 5 nitrogen and oxygen atoms in total. The molecule has 1 atom stereocenters. The SMILES string of the molecule is CCc1cnc2ccc(-c3cnn(C4CCCCO4)c3)nc2c1. The molecule has 23 heavy (non-hydrogen) atoms. The maximum Gasteiger partial charge on any atom is 0.150 e. The lowest BCUT2D eigenvalue weighted by Gasteiger charge is -2.22. The Kier molecular flexibility index (Phi) is 3.79. The molecule has 1 unspecified atom stereocenters. The smallest absolute Gasteiger partial charge is 0.150 e. The Bertz CT molecular complexity index is 821. The average molecular weight is 308 g/mol. The number of fused-ring (bicyclic) bond motifs is 1. The van der Waals surface area contributed by atoms with Gasteiger partial charge in [-0.3, -0.25) is 4.98 Å². The minimum Gasteiger partial charge on any atom is -0.357 e. The summed E-state index contributed by atoms with van der Waals surface area (Å²) in [5, 5.41) is 4.47. The minimum atomic E-state index is 0.0614. The Morgan fingerprint density at radius 2 is 2.17 bits per heavy atom. The van der Waals surface area contributed by atoms with Crippen LogP contribution in [-0.2, 0) is 11.2 Å². The summed E-state index contributed by atoms with van der Waals surface area (Å²) in [7, 11) is 0. The maximum atomic E-state index is 5.78. The lowest BCUT2D eigenvalue weighted by atomic mass is 10.1. The highest BCUT2D eigenvalue weighted by atomic mass is 16.5. The monoisotopic (exact) mass is 308 g/mol. The summed E-state index contributed by atoms with van der Waals surface area (Å²) < 4.78 is 7.70. The van der Waals surface area contributed by atoms with Crippen molar-refractivity contribution >= 4 is 11.0 Å². The third-order valence-electron chi connectivity index (χ3n) is 4.35. The summed E-state index contributed by atoms with van der Waals surface area (Å²) in [5.41, 5.74) is 5.00. The Morgan fingerprint density at radius 3 is 3.00 bits per heavy atom. The second-order valence-electron chi connectivity index (χ2n) is 5.96. The number of aryl methyl sites for hydroxylation is 1. The zero-order valence-electron chi connectivity index (χ0n) is 13.3. The number of ether oxygens (including phenoxy) is 1. The summed E-state index contributed by atoms with van der Waals surface area (Å²) in [6.07, 6.45) is 10.2. The first-order chi connectivity index (χ1) is 11.3. The average Bonchev–Trinajstić information content (AvgIpc) is 3.11. The second kappa shape index (κ2) is 6.08. The predicted molar refractivity (Wildman–Crippen MR) is 89.0 cm³/mol. The molecule has 3 aromatic rings. The number of nitrogens with zero attached hydrogens (tertiary/aromatic N) is 4. The van der Waals surface area contributed by atoms with Crippen LogP contribution in [0.2, 0.25) is 0 Å². The zero-order valence-corrected chi connectivity index (χ0v) is 13.3. The molecule has 0 aliphatic carbocycles. The molecule has 0 aromatic carbocycles. The fraction of sp³-hybridized carbons (Fsp3) is 0.389. The van der Waals surface area contributed by atoms with Gasteiger partial charge in [-0.15, -0.1) is 0 Å². The first kappa shape index (κ1) is 14.3. The van der Waals surface area contributed by atoms with Gasteiger partial charge in [-0.1, -0.05) is 6.92 Å². The number of rotatable bonds is 3. The molecular formula is C18H20N4O. The summed E-state index contributed by atoms with van der Waals surface area (Å²) >= 11 is 0. The van der Waals surface area contributed by atoms with Crippen molar-refractivity contribution in [2.75, 3.05) is 6.61 Å². The van der Waals surface area contributed by atoms with E-state index >= 15 is 0 Å². The van der Waals surface area contributed by atoms with Crippen LogP contribution in [0, 0.1) is 0 Å². The highest BCUT2D eigenvalue weighted by molar-refractivity contribution is 5.78. The molecule has 118 valence electrons. The quantitative estimate of drug-likeness (QED) is 0.739. The lowest BCUT2D eigenvalue weighted by Crippen LogP contribution is -2.18. The topological polar surface area (TPSA) is 52.8 Å². The van der Waals surface area contributed by atoms with Crippen LogP contribution in [0.15, 0.2) is 36.8 Å². The van der Waals surface area contributed by atoms with Crippen LogP contribution in [0.1, 0.15) is 38.0 Å². The third kappa shape index (κ3) is 2.84. The molecule has 1 aliphatic rings. The van der Waals surface area contributed by atoms with E-state index in [9.17, 15) is 0 Å². The Morgan fingerprint density at radius 1 is 1.22 bits per heavy atom. The Balaban J connectivity index is 1.67. The van der Waals surface area contributed by atoms with E-state index in [1.54, 1.807) is 0 Å². The second-order valence-corrected chi connectivity index (χ2v) is 5.96. The minimum absolute atomic E-state index is 0.0614. The summed E-state index contributed by atoms with van der Waals surface area (Å²) in [4.78, 5) is 9.22. The van der Waals surface area contributed by atoms with Crippen LogP contribution in [0.5, 0.6) is 0 Å². The van der Waals surface area contributed by atoms with Crippen LogP contribution in [0.4, 0.5) is 0 Å². The number of aromatic nitrogens is 4. The van der Waals surface area contributed by atoms with Gasteiger partial charge >= 0.3 is 0 Å². The van der Waals surface area contributed by atoms with Gasteiger partial charge in [-0.2, -0.15) is 5.10 Å². The Hall–Kier alpha value is -2.27. The van der Waals surface area contributed by atoms with Crippen molar-refractivity contribution in [1.82, 2.24) is 19.7 Å². The largest absolute Gasteiger partial charge is 0.357 e. The predicted octanol–water partition coefficient (Wildman–Crippen LogP) is 3.75.